The summed E-state index contributed by atoms with van der Waals surface area (Å²) in [7, 11) is 5.64. The van der Waals surface area contributed by atoms with E-state index in [1.54, 1.807) is 11.9 Å². The van der Waals surface area contributed by atoms with Gasteiger partial charge in [0.25, 0.3) is 5.91 Å². The van der Waals surface area contributed by atoms with E-state index in [1.807, 2.05) is 80.6 Å². The van der Waals surface area contributed by atoms with Crippen LogP contribution in [-0.2, 0) is 0 Å². The van der Waals surface area contributed by atoms with Crippen molar-refractivity contribution in [3.05, 3.63) is 66.5 Å². The summed E-state index contributed by atoms with van der Waals surface area (Å²) in [4.78, 5) is 24.1. The van der Waals surface area contributed by atoms with E-state index in [4.69, 9.17) is 0 Å². The van der Waals surface area contributed by atoms with Crippen molar-refractivity contribution in [2.75, 3.05) is 44.9 Å². The summed E-state index contributed by atoms with van der Waals surface area (Å²) >= 11 is 1.55. The number of nitrogens with zero attached hydrogens (tertiary/aromatic N) is 3. The highest BCUT2D eigenvalue weighted by molar-refractivity contribution is 7.97. The van der Waals surface area contributed by atoms with Gasteiger partial charge in [0, 0.05) is 41.0 Å². The Balaban J connectivity index is 0.000000968. The second kappa shape index (κ2) is 12.8. The van der Waals surface area contributed by atoms with Crippen molar-refractivity contribution in [1.82, 2.24) is 24.9 Å². The highest BCUT2D eigenvalue weighted by Crippen LogP contribution is 2.23. The van der Waals surface area contributed by atoms with E-state index in [9.17, 15) is 4.79 Å². The van der Waals surface area contributed by atoms with Crippen molar-refractivity contribution in [3.63, 3.8) is 0 Å². The SMILES string of the molecule is CNC.CNSc1cccc(Nc2cc(Nc3ccc(C(=O)N4CCCC4)cc3)ncn2)c1. The molecule has 9 heteroatoms. The van der Waals surface area contributed by atoms with Gasteiger partial charge in [-0.3, -0.25) is 9.52 Å². The van der Waals surface area contributed by atoms with Crippen LogP contribution in [0.15, 0.2) is 65.8 Å². The molecule has 1 aromatic heterocycles. The first-order chi connectivity index (χ1) is 16.1. The average molecular weight is 466 g/mol. The molecule has 1 fully saturated rings. The highest BCUT2D eigenvalue weighted by Gasteiger charge is 2.19. The van der Waals surface area contributed by atoms with Crippen LogP contribution >= 0.6 is 11.9 Å². The number of carbonyl (C=O) groups excluding carboxylic acids is 1. The largest absolute Gasteiger partial charge is 0.340 e. The quantitative estimate of drug-likeness (QED) is 0.385. The number of hydrogen-bond donors (Lipinski definition) is 4. The number of benzene rings is 2. The monoisotopic (exact) mass is 465 g/mol. The zero-order chi connectivity index (χ0) is 23.5. The van der Waals surface area contributed by atoms with E-state index >= 15 is 0 Å². The van der Waals surface area contributed by atoms with Crippen LogP contribution in [0.5, 0.6) is 0 Å². The van der Waals surface area contributed by atoms with Gasteiger partial charge in [0.1, 0.15) is 18.0 Å². The van der Waals surface area contributed by atoms with Gasteiger partial charge in [-0.25, -0.2) is 9.97 Å². The van der Waals surface area contributed by atoms with Gasteiger partial charge in [0.15, 0.2) is 0 Å². The molecular weight excluding hydrogens is 434 g/mol. The Morgan fingerprint density at radius 1 is 0.879 bits per heavy atom. The molecule has 2 aromatic carbocycles. The molecule has 4 N–H and O–H groups in total. The maximum absolute atomic E-state index is 12.5. The summed E-state index contributed by atoms with van der Waals surface area (Å²) in [6, 6.07) is 17.4. The van der Waals surface area contributed by atoms with Gasteiger partial charge < -0.3 is 20.9 Å². The van der Waals surface area contributed by atoms with Gasteiger partial charge in [-0.2, -0.15) is 0 Å². The maximum atomic E-state index is 12.5. The minimum atomic E-state index is 0.103. The number of aromatic nitrogens is 2. The summed E-state index contributed by atoms with van der Waals surface area (Å²) < 4.78 is 3.07. The van der Waals surface area contributed by atoms with Crippen molar-refractivity contribution in [1.29, 1.82) is 0 Å². The maximum Gasteiger partial charge on any atom is 0.253 e. The summed E-state index contributed by atoms with van der Waals surface area (Å²) in [6.07, 6.45) is 3.70. The first-order valence-electron chi connectivity index (χ1n) is 10.9. The summed E-state index contributed by atoms with van der Waals surface area (Å²) in [6.45, 7) is 1.71. The standard InChI is InChI=1S/C22H24N6OS.C2H7N/c1-23-30-19-6-4-5-18(13-19)27-21-14-20(24-15-25-21)26-17-9-7-16(8-10-17)22(29)28-11-2-3-12-28;1-3-2/h4-10,13-15,23H,2-3,11-12H2,1H3,(H2,24,25,26,27);3H,1-2H3. The minimum absolute atomic E-state index is 0.103. The lowest BCUT2D eigenvalue weighted by Crippen LogP contribution is -2.27. The molecule has 3 aromatic rings. The molecule has 33 heavy (non-hydrogen) atoms. The Hall–Kier alpha value is -3.14. The number of likely N-dealkylation sites (tertiary alicyclic amines) is 1. The van der Waals surface area contributed by atoms with Gasteiger partial charge >= 0.3 is 0 Å². The topological polar surface area (TPSA) is 94.2 Å². The van der Waals surface area contributed by atoms with Crippen molar-refractivity contribution < 1.29 is 4.79 Å². The Kier molecular flexibility index (Phi) is 9.49. The number of nitrogens with one attached hydrogen (secondary N) is 4. The highest BCUT2D eigenvalue weighted by atomic mass is 32.2. The molecule has 2 heterocycles. The van der Waals surface area contributed by atoms with Crippen molar-refractivity contribution in [3.8, 4) is 0 Å². The van der Waals surface area contributed by atoms with Crippen LogP contribution < -0.4 is 20.7 Å². The molecule has 0 radical (unpaired) electrons. The Morgan fingerprint density at radius 2 is 1.52 bits per heavy atom. The smallest absolute Gasteiger partial charge is 0.253 e. The summed E-state index contributed by atoms with van der Waals surface area (Å²) in [5.74, 6) is 1.47. The van der Waals surface area contributed by atoms with Crippen LogP contribution in [0.4, 0.5) is 23.0 Å². The van der Waals surface area contributed by atoms with E-state index in [0.29, 0.717) is 17.2 Å². The molecule has 0 saturated carbocycles. The molecule has 0 aliphatic carbocycles. The Labute approximate surface area is 199 Å². The van der Waals surface area contributed by atoms with E-state index in [-0.39, 0.29) is 5.91 Å². The molecule has 174 valence electrons. The number of rotatable bonds is 7. The summed E-state index contributed by atoms with van der Waals surface area (Å²) in [5.41, 5.74) is 2.53. The second-order valence-corrected chi connectivity index (χ2v) is 8.53. The van der Waals surface area contributed by atoms with Crippen LogP contribution in [0, 0.1) is 0 Å². The zero-order valence-corrected chi connectivity index (χ0v) is 20.1. The van der Waals surface area contributed by atoms with Crippen LogP contribution in [0.1, 0.15) is 23.2 Å². The zero-order valence-electron chi connectivity index (χ0n) is 19.3. The average Bonchev–Trinajstić information content (AvgIpc) is 3.36. The molecular formula is C24H31N7OS. The number of amides is 1. The molecule has 1 saturated heterocycles. The van der Waals surface area contributed by atoms with Gasteiger partial charge in [0.05, 0.1) is 0 Å². The fourth-order valence-electron chi connectivity index (χ4n) is 3.34. The number of carbonyl (C=O) groups is 1. The third-order valence-electron chi connectivity index (χ3n) is 4.79. The fourth-order valence-corrected chi connectivity index (χ4v) is 3.91. The molecule has 4 rings (SSSR count). The van der Waals surface area contributed by atoms with Crippen LogP contribution in [0.3, 0.4) is 0 Å². The minimum Gasteiger partial charge on any atom is -0.340 e. The van der Waals surface area contributed by atoms with Gasteiger partial charge in [-0.1, -0.05) is 6.07 Å². The second-order valence-electron chi connectivity index (χ2n) is 7.45. The predicted octanol–water partition coefficient (Wildman–Crippen LogP) is 4.26. The van der Waals surface area contributed by atoms with Crippen LogP contribution in [0.2, 0.25) is 0 Å². The molecule has 8 nitrogen and oxygen atoms in total. The lowest BCUT2D eigenvalue weighted by molar-refractivity contribution is 0.0793. The first kappa shape index (κ1) is 24.5. The Bertz CT molecular complexity index is 1020. The molecule has 0 atom stereocenters. The third kappa shape index (κ3) is 7.45. The van der Waals surface area contributed by atoms with Crippen molar-refractivity contribution >= 4 is 40.9 Å². The lowest BCUT2D eigenvalue weighted by Gasteiger charge is -2.15. The summed E-state index contributed by atoms with van der Waals surface area (Å²) in [5, 5.41) is 9.32. The fraction of sp³-hybridized carbons (Fsp3) is 0.292. The van der Waals surface area contributed by atoms with Gasteiger partial charge in [-0.05, 0) is 88.4 Å². The van der Waals surface area contributed by atoms with Crippen LogP contribution in [-0.4, -0.2) is 55.0 Å². The molecule has 0 bridgehead atoms. The molecule has 0 unspecified atom stereocenters. The van der Waals surface area contributed by atoms with Crippen LogP contribution in [0.25, 0.3) is 0 Å². The number of anilines is 4. The molecule has 1 aliphatic rings. The van der Waals surface area contributed by atoms with Gasteiger partial charge in [-0.15, -0.1) is 0 Å². The first-order valence-corrected chi connectivity index (χ1v) is 11.7. The van der Waals surface area contributed by atoms with E-state index < -0.39 is 0 Å². The van der Waals surface area contributed by atoms with Gasteiger partial charge in [0.2, 0.25) is 0 Å². The molecule has 1 aliphatic heterocycles. The number of hydrogen-bond acceptors (Lipinski definition) is 8. The predicted molar refractivity (Wildman–Crippen MR) is 137 cm³/mol. The third-order valence-corrected chi connectivity index (χ3v) is 5.48. The molecule has 0 spiro atoms. The lowest BCUT2D eigenvalue weighted by atomic mass is 10.2. The van der Waals surface area contributed by atoms with E-state index in [2.05, 4.69) is 30.6 Å². The van der Waals surface area contributed by atoms with E-state index in [1.165, 1.54) is 6.33 Å². The van der Waals surface area contributed by atoms with E-state index in [0.717, 1.165) is 42.2 Å². The van der Waals surface area contributed by atoms with Crippen molar-refractivity contribution in [2.24, 2.45) is 0 Å². The van der Waals surface area contributed by atoms with Crippen molar-refractivity contribution in [2.45, 2.75) is 17.7 Å². The normalized spacial score (nSPS) is 12.6. The molecule has 1 amide bonds. The Morgan fingerprint density at radius 3 is 2.15 bits per heavy atom.